The van der Waals surface area contributed by atoms with Crippen LogP contribution in [0.4, 0.5) is 14.9 Å². The van der Waals surface area contributed by atoms with Gasteiger partial charge in [0, 0.05) is 5.69 Å². The molecule has 0 fully saturated rings. The van der Waals surface area contributed by atoms with E-state index in [4.69, 9.17) is 9.88 Å². The van der Waals surface area contributed by atoms with Gasteiger partial charge in [0.15, 0.2) is 9.92 Å². The van der Waals surface area contributed by atoms with Crippen LogP contribution in [-0.2, 0) is 42.1 Å². The Morgan fingerprint density at radius 2 is 1.83 bits per heavy atom. The van der Waals surface area contributed by atoms with Crippen LogP contribution in [0.3, 0.4) is 0 Å². The van der Waals surface area contributed by atoms with Crippen LogP contribution in [0, 0.1) is 5.82 Å². The number of halogens is 1. The highest BCUT2D eigenvalue weighted by molar-refractivity contribution is 7.91. The Balaban J connectivity index is 1.50. The number of nitrogens with two attached hydrogens (primary N) is 1. The summed E-state index contributed by atoms with van der Waals surface area (Å²) in [5, 5.41) is 12.9. The van der Waals surface area contributed by atoms with Crippen molar-refractivity contribution in [2.45, 2.75) is 69.4 Å². The summed E-state index contributed by atoms with van der Waals surface area (Å²) in [5.41, 5.74) is 3.14. The lowest BCUT2D eigenvalue weighted by atomic mass is 9.98. The minimum Gasteiger partial charge on any atom is -0.469 e. The third kappa shape index (κ3) is 3.01. The molecule has 0 spiro atoms. The Kier molecular flexibility index (Phi) is 4.24. The summed E-state index contributed by atoms with van der Waals surface area (Å²) in [6, 6.07) is -0.811. The first-order valence-electron chi connectivity index (χ1n) is 10.1. The second-order valence-electron chi connectivity index (χ2n) is 8.73. The van der Waals surface area contributed by atoms with Crippen LogP contribution in [0.2, 0.25) is 0 Å². The molecular weight excluding hydrogens is 409 g/mol. The number of fused-ring (bicyclic) bond motifs is 3. The summed E-state index contributed by atoms with van der Waals surface area (Å²) in [4.78, 5) is 12.8. The molecular formula is C20H24FN5O3S. The molecule has 0 radical (unpaired) electrons. The molecule has 1 atom stereocenters. The molecule has 2 amide bonds. The Labute approximate surface area is 174 Å². The number of hydrogen-bond acceptors (Lipinski definition) is 4. The van der Waals surface area contributed by atoms with Crippen LogP contribution < -0.4 is 15.2 Å². The fraction of sp³-hybridized carbons (Fsp3) is 0.500. The lowest BCUT2D eigenvalue weighted by Crippen LogP contribution is -2.27. The number of aromatic nitrogens is 2. The molecule has 5 rings (SSSR count). The monoisotopic (exact) mass is 433 g/mol. The van der Waals surface area contributed by atoms with Gasteiger partial charge in [0.05, 0.1) is 12.7 Å². The second kappa shape index (κ2) is 6.52. The van der Waals surface area contributed by atoms with Gasteiger partial charge in [0.2, 0.25) is 5.88 Å². The van der Waals surface area contributed by atoms with Crippen LogP contribution in [0.15, 0.2) is 15.5 Å². The highest BCUT2D eigenvalue weighted by Gasteiger charge is 2.36. The predicted octanol–water partition coefficient (Wildman–Crippen LogP) is 3.10. The Morgan fingerprint density at radius 3 is 2.47 bits per heavy atom. The molecule has 0 saturated heterocycles. The molecule has 30 heavy (non-hydrogen) atoms. The molecule has 0 saturated carbocycles. The molecule has 2 aliphatic carbocycles. The standard InChI is InChI=1S/C20H24FN5O3S/c1-20(2)10-26-18(29-20)15(9-23-26)30(22,28)25-19(27)24-17-13-7-3-5-11(13)16(21)12-6-4-8-14(12)17/h9H,3-8,10H2,1-2H3,(H3,22,24,25,27,28)/t30-/m1/s1. The first-order valence-corrected chi connectivity index (χ1v) is 11.7. The van der Waals surface area contributed by atoms with Gasteiger partial charge in [-0.05, 0) is 74.6 Å². The molecule has 3 N–H and O–H groups in total. The second-order valence-corrected chi connectivity index (χ2v) is 10.5. The van der Waals surface area contributed by atoms with Crippen LogP contribution in [0.1, 0.15) is 48.9 Å². The Morgan fingerprint density at radius 1 is 1.23 bits per heavy atom. The maximum Gasteiger partial charge on any atom is 0.354 e. The molecule has 1 aromatic carbocycles. The smallest absolute Gasteiger partial charge is 0.354 e. The molecule has 8 nitrogen and oxygen atoms in total. The van der Waals surface area contributed by atoms with E-state index >= 15 is 0 Å². The fourth-order valence-corrected chi connectivity index (χ4v) is 5.75. The van der Waals surface area contributed by atoms with E-state index in [2.05, 4.69) is 14.8 Å². The van der Waals surface area contributed by atoms with Crippen LogP contribution >= 0.6 is 0 Å². The quantitative estimate of drug-likeness (QED) is 0.758. The average molecular weight is 434 g/mol. The van der Waals surface area contributed by atoms with Gasteiger partial charge >= 0.3 is 6.03 Å². The van der Waals surface area contributed by atoms with Crippen molar-refractivity contribution in [3.63, 3.8) is 0 Å². The maximum atomic E-state index is 14.8. The molecule has 2 aromatic rings. The van der Waals surface area contributed by atoms with Gasteiger partial charge in [0.25, 0.3) is 0 Å². The van der Waals surface area contributed by atoms with Crippen molar-refractivity contribution in [3.05, 3.63) is 34.3 Å². The van der Waals surface area contributed by atoms with E-state index in [-0.39, 0.29) is 16.6 Å². The molecule has 160 valence electrons. The number of hydrogen-bond donors (Lipinski definition) is 2. The van der Waals surface area contributed by atoms with E-state index in [0.29, 0.717) is 49.0 Å². The van der Waals surface area contributed by atoms with Crippen molar-refractivity contribution in [1.29, 1.82) is 0 Å². The molecule has 0 bridgehead atoms. The van der Waals surface area contributed by atoms with E-state index in [0.717, 1.165) is 24.0 Å². The van der Waals surface area contributed by atoms with Gasteiger partial charge < -0.3 is 10.1 Å². The zero-order valence-corrected chi connectivity index (χ0v) is 17.8. The molecule has 1 aromatic heterocycles. The molecule has 1 aliphatic heterocycles. The van der Waals surface area contributed by atoms with E-state index in [1.54, 1.807) is 4.68 Å². The summed E-state index contributed by atoms with van der Waals surface area (Å²) in [6.07, 6.45) is 5.75. The Hall–Kier alpha value is -2.46. The molecule has 2 heterocycles. The van der Waals surface area contributed by atoms with Crippen LogP contribution in [0.5, 0.6) is 5.88 Å². The lowest BCUT2D eigenvalue weighted by Gasteiger charge is -2.17. The van der Waals surface area contributed by atoms with Crippen molar-refractivity contribution < 1.29 is 18.1 Å². The highest BCUT2D eigenvalue weighted by Crippen LogP contribution is 2.41. The molecule has 3 aliphatic rings. The average Bonchev–Trinajstić information content (AvgIpc) is 3.40. The van der Waals surface area contributed by atoms with Crippen molar-refractivity contribution in [1.82, 2.24) is 9.78 Å². The maximum absolute atomic E-state index is 14.8. The first kappa shape index (κ1) is 19.5. The minimum absolute atomic E-state index is 0.0952. The number of carbonyl (C=O) groups excluding carboxylic acids is 1. The zero-order valence-electron chi connectivity index (χ0n) is 17.0. The van der Waals surface area contributed by atoms with Gasteiger partial charge in [-0.3, -0.25) is 0 Å². The lowest BCUT2D eigenvalue weighted by molar-refractivity contribution is 0.132. The SMILES string of the molecule is CC1(C)Cn2ncc([S@](N)(=O)=NC(=O)Nc3c4c(c(F)c5c3CCC5)CCC4)c2O1. The Bertz CT molecular complexity index is 1170. The van der Waals surface area contributed by atoms with E-state index in [1.807, 2.05) is 13.8 Å². The van der Waals surface area contributed by atoms with E-state index in [9.17, 15) is 13.4 Å². The number of amides is 2. The van der Waals surface area contributed by atoms with Crippen LogP contribution in [0.25, 0.3) is 0 Å². The van der Waals surface area contributed by atoms with Crippen molar-refractivity contribution >= 4 is 21.6 Å². The number of nitrogens with zero attached hydrogens (tertiary/aromatic N) is 3. The summed E-state index contributed by atoms with van der Waals surface area (Å²) in [5.74, 6) is 0.149. The number of ether oxygens (including phenoxy) is 1. The van der Waals surface area contributed by atoms with Crippen molar-refractivity contribution in [3.8, 4) is 5.88 Å². The number of anilines is 1. The van der Waals surface area contributed by atoms with Gasteiger partial charge in [-0.1, -0.05) is 0 Å². The van der Waals surface area contributed by atoms with E-state index < -0.39 is 21.5 Å². The third-order valence-corrected chi connectivity index (χ3v) is 7.35. The first-order chi connectivity index (χ1) is 14.2. The van der Waals surface area contributed by atoms with Crippen molar-refractivity contribution in [2.75, 3.05) is 5.32 Å². The van der Waals surface area contributed by atoms with Crippen LogP contribution in [-0.4, -0.2) is 25.6 Å². The molecule has 10 heteroatoms. The summed E-state index contributed by atoms with van der Waals surface area (Å²) < 4.78 is 39.0. The topological polar surface area (TPSA) is 112 Å². The third-order valence-electron chi connectivity index (χ3n) is 6.00. The number of rotatable bonds is 2. The van der Waals surface area contributed by atoms with Gasteiger partial charge in [-0.2, -0.15) is 5.10 Å². The predicted molar refractivity (Wildman–Crippen MR) is 109 cm³/mol. The normalized spacial score (nSPS) is 20.1. The minimum atomic E-state index is -3.57. The summed E-state index contributed by atoms with van der Waals surface area (Å²) in [7, 11) is -3.57. The van der Waals surface area contributed by atoms with Gasteiger partial charge in [-0.15, -0.1) is 4.36 Å². The number of nitrogens with one attached hydrogen (secondary N) is 1. The highest BCUT2D eigenvalue weighted by atomic mass is 32.2. The number of benzene rings is 1. The zero-order chi connectivity index (χ0) is 21.3. The fourth-order valence-electron chi connectivity index (χ4n) is 4.77. The number of carbonyl (C=O) groups is 1. The van der Waals surface area contributed by atoms with Crippen molar-refractivity contribution in [2.24, 2.45) is 9.50 Å². The van der Waals surface area contributed by atoms with Gasteiger partial charge in [-0.25, -0.2) is 23.2 Å². The van der Waals surface area contributed by atoms with E-state index in [1.165, 1.54) is 6.20 Å². The summed E-state index contributed by atoms with van der Waals surface area (Å²) in [6.45, 7) is 4.24. The largest absolute Gasteiger partial charge is 0.469 e. The number of urea groups is 1. The molecule has 0 unspecified atom stereocenters. The van der Waals surface area contributed by atoms with Gasteiger partial charge in [0.1, 0.15) is 16.3 Å². The summed E-state index contributed by atoms with van der Waals surface area (Å²) >= 11 is 0.